The number of halogens is 3. The second kappa shape index (κ2) is 7.08. The molecule has 8 heteroatoms. The van der Waals surface area contributed by atoms with Gasteiger partial charge in [0, 0.05) is 24.9 Å². The Morgan fingerprint density at radius 1 is 1.39 bits per heavy atom. The molecule has 0 saturated carbocycles. The number of alkyl halides is 3. The summed E-state index contributed by atoms with van der Waals surface area (Å²) in [5.74, 6) is 0.0347. The molecule has 2 aromatic rings. The SMILES string of the molecule is C=CCNC(=O)CCc1nc(-c2cccc(C(F)(F)F)c2)no1. The zero-order chi connectivity index (χ0) is 16.9. The molecular formula is C15H14F3N3O2. The molecule has 0 saturated heterocycles. The Morgan fingerprint density at radius 2 is 2.17 bits per heavy atom. The van der Waals surface area contributed by atoms with E-state index >= 15 is 0 Å². The van der Waals surface area contributed by atoms with Gasteiger partial charge in [-0.25, -0.2) is 0 Å². The van der Waals surface area contributed by atoms with Crippen LogP contribution in [0, 0.1) is 0 Å². The van der Waals surface area contributed by atoms with Crippen molar-refractivity contribution in [1.29, 1.82) is 0 Å². The summed E-state index contributed by atoms with van der Waals surface area (Å²) >= 11 is 0. The lowest BCUT2D eigenvalue weighted by atomic mass is 10.1. The van der Waals surface area contributed by atoms with Gasteiger partial charge in [-0.2, -0.15) is 18.2 Å². The molecule has 0 bridgehead atoms. The van der Waals surface area contributed by atoms with Crippen LogP contribution in [-0.2, 0) is 17.4 Å². The molecule has 0 aliphatic carbocycles. The van der Waals surface area contributed by atoms with Crippen LogP contribution in [0.15, 0.2) is 41.4 Å². The molecule has 5 nitrogen and oxygen atoms in total. The fourth-order valence-electron chi connectivity index (χ4n) is 1.80. The second-order valence-corrected chi connectivity index (χ2v) is 4.68. The molecule has 23 heavy (non-hydrogen) atoms. The van der Waals surface area contributed by atoms with Crippen LogP contribution in [0.4, 0.5) is 13.2 Å². The number of nitrogens with one attached hydrogen (secondary N) is 1. The number of carbonyl (C=O) groups excluding carboxylic acids is 1. The van der Waals surface area contributed by atoms with Gasteiger partial charge < -0.3 is 9.84 Å². The van der Waals surface area contributed by atoms with Gasteiger partial charge in [-0.3, -0.25) is 4.79 Å². The number of benzene rings is 1. The van der Waals surface area contributed by atoms with Crippen LogP contribution in [0.5, 0.6) is 0 Å². The predicted octanol–water partition coefficient (Wildman–Crippen LogP) is 2.99. The summed E-state index contributed by atoms with van der Waals surface area (Å²) in [5, 5.41) is 6.24. The molecular weight excluding hydrogens is 311 g/mol. The molecule has 0 radical (unpaired) electrons. The predicted molar refractivity (Wildman–Crippen MR) is 76.3 cm³/mol. The highest BCUT2D eigenvalue weighted by atomic mass is 19.4. The van der Waals surface area contributed by atoms with E-state index in [1.54, 1.807) is 6.08 Å². The first-order valence-electron chi connectivity index (χ1n) is 6.78. The van der Waals surface area contributed by atoms with Gasteiger partial charge in [0.05, 0.1) is 5.56 Å². The van der Waals surface area contributed by atoms with Crippen molar-refractivity contribution in [2.45, 2.75) is 19.0 Å². The first-order chi connectivity index (χ1) is 10.9. The molecule has 0 fully saturated rings. The average Bonchev–Trinajstić information content (AvgIpc) is 2.99. The number of aryl methyl sites for hydroxylation is 1. The molecule has 1 N–H and O–H groups in total. The van der Waals surface area contributed by atoms with Gasteiger partial charge in [0.25, 0.3) is 0 Å². The third kappa shape index (κ3) is 4.67. The van der Waals surface area contributed by atoms with E-state index in [-0.39, 0.29) is 36.0 Å². The van der Waals surface area contributed by atoms with E-state index < -0.39 is 11.7 Å². The monoisotopic (exact) mass is 325 g/mol. The Morgan fingerprint density at radius 3 is 2.87 bits per heavy atom. The van der Waals surface area contributed by atoms with E-state index in [1.807, 2.05) is 0 Å². The average molecular weight is 325 g/mol. The third-order valence-corrected chi connectivity index (χ3v) is 2.93. The van der Waals surface area contributed by atoms with Crippen LogP contribution in [0.3, 0.4) is 0 Å². The zero-order valence-corrected chi connectivity index (χ0v) is 12.1. The number of amides is 1. The molecule has 1 aromatic heterocycles. The van der Waals surface area contributed by atoms with Crippen molar-refractivity contribution >= 4 is 5.91 Å². The lowest BCUT2D eigenvalue weighted by Crippen LogP contribution is -2.23. The first-order valence-corrected chi connectivity index (χ1v) is 6.78. The molecule has 1 amide bonds. The van der Waals surface area contributed by atoms with E-state index in [1.165, 1.54) is 12.1 Å². The molecule has 1 aromatic carbocycles. The lowest BCUT2D eigenvalue weighted by molar-refractivity contribution is -0.137. The van der Waals surface area contributed by atoms with E-state index in [4.69, 9.17) is 4.52 Å². The van der Waals surface area contributed by atoms with Crippen LogP contribution in [0.25, 0.3) is 11.4 Å². The van der Waals surface area contributed by atoms with Crippen LogP contribution in [0.2, 0.25) is 0 Å². The Kier molecular flexibility index (Phi) is 5.15. The molecule has 0 spiro atoms. The van der Waals surface area contributed by atoms with Crippen molar-refractivity contribution in [2.75, 3.05) is 6.54 Å². The minimum Gasteiger partial charge on any atom is -0.353 e. The number of rotatable bonds is 6. The second-order valence-electron chi connectivity index (χ2n) is 4.68. The number of aromatic nitrogens is 2. The van der Waals surface area contributed by atoms with Crippen molar-refractivity contribution in [3.63, 3.8) is 0 Å². The Labute approximate surface area is 130 Å². The first kappa shape index (κ1) is 16.7. The highest BCUT2D eigenvalue weighted by Gasteiger charge is 2.30. The zero-order valence-electron chi connectivity index (χ0n) is 12.1. The van der Waals surface area contributed by atoms with Crippen molar-refractivity contribution in [2.24, 2.45) is 0 Å². The van der Waals surface area contributed by atoms with E-state index in [0.717, 1.165) is 12.1 Å². The van der Waals surface area contributed by atoms with Crippen molar-refractivity contribution in [3.8, 4) is 11.4 Å². The number of hydrogen-bond acceptors (Lipinski definition) is 4. The minimum atomic E-state index is -4.44. The van der Waals surface area contributed by atoms with Gasteiger partial charge in [0.15, 0.2) is 0 Å². The van der Waals surface area contributed by atoms with Crippen molar-refractivity contribution in [3.05, 3.63) is 48.4 Å². The van der Waals surface area contributed by atoms with Gasteiger partial charge in [-0.05, 0) is 12.1 Å². The Balaban J connectivity index is 2.05. The van der Waals surface area contributed by atoms with Gasteiger partial charge in [-0.15, -0.1) is 6.58 Å². The topological polar surface area (TPSA) is 68.0 Å². The number of nitrogens with zero attached hydrogens (tertiary/aromatic N) is 2. The maximum atomic E-state index is 12.7. The molecule has 0 aliphatic heterocycles. The maximum absolute atomic E-state index is 12.7. The molecule has 0 aliphatic rings. The normalized spacial score (nSPS) is 11.3. The van der Waals surface area contributed by atoms with Crippen molar-refractivity contribution in [1.82, 2.24) is 15.5 Å². The van der Waals surface area contributed by atoms with E-state index in [2.05, 4.69) is 22.0 Å². The van der Waals surface area contributed by atoms with Crippen LogP contribution in [0.1, 0.15) is 17.9 Å². The van der Waals surface area contributed by atoms with Gasteiger partial charge >= 0.3 is 6.18 Å². The molecule has 122 valence electrons. The highest BCUT2D eigenvalue weighted by molar-refractivity contribution is 5.76. The summed E-state index contributed by atoms with van der Waals surface area (Å²) in [4.78, 5) is 15.4. The highest BCUT2D eigenvalue weighted by Crippen LogP contribution is 2.31. The molecule has 0 unspecified atom stereocenters. The van der Waals surface area contributed by atoms with Crippen LogP contribution >= 0.6 is 0 Å². The van der Waals surface area contributed by atoms with Gasteiger partial charge in [0.2, 0.25) is 17.6 Å². The minimum absolute atomic E-state index is 0.0533. The summed E-state index contributed by atoms with van der Waals surface area (Å²) in [5.41, 5.74) is -0.587. The fourth-order valence-corrected chi connectivity index (χ4v) is 1.80. The van der Waals surface area contributed by atoms with E-state index in [9.17, 15) is 18.0 Å². The standard InChI is InChI=1S/C15H14F3N3O2/c1-2-8-19-12(22)6-7-13-20-14(21-23-13)10-4-3-5-11(9-10)15(16,17)18/h2-5,9H,1,6-8H2,(H,19,22). The molecule has 1 heterocycles. The lowest BCUT2D eigenvalue weighted by Gasteiger charge is -2.06. The van der Waals surface area contributed by atoms with Crippen LogP contribution < -0.4 is 5.32 Å². The fraction of sp³-hybridized carbons (Fsp3) is 0.267. The number of hydrogen-bond donors (Lipinski definition) is 1. The Bertz CT molecular complexity index is 695. The quantitative estimate of drug-likeness (QED) is 0.829. The van der Waals surface area contributed by atoms with Crippen LogP contribution in [-0.4, -0.2) is 22.6 Å². The van der Waals surface area contributed by atoms with Crippen molar-refractivity contribution < 1.29 is 22.5 Å². The number of carbonyl (C=O) groups is 1. The van der Waals surface area contributed by atoms with E-state index in [0.29, 0.717) is 6.54 Å². The summed E-state index contributed by atoms with van der Waals surface area (Å²) in [6, 6.07) is 4.65. The van der Waals surface area contributed by atoms with Gasteiger partial charge in [0.1, 0.15) is 0 Å². The smallest absolute Gasteiger partial charge is 0.353 e. The molecule has 2 rings (SSSR count). The summed E-state index contributed by atoms with van der Waals surface area (Å²) < 4.78 is 43.0. The summed E-state index contributed by atoms with van der Waals surface area (Å²) in [7, 11) is 0. The third-order valence-electron chi connectivity index (χ3n) is 2.93. The largest absolute Gasteiger partial charge is 0.416 e. The Hall–Kier alpha value is -2.64. The summed E-state index contributed by atoms with van der Waals surface area (Å²) in [6.45, 7) is 3.84. The van der Waals surface area contributed by atoms with Gasteiger partial charge in [-0.1, -0.05) is 23.4 Å². The molecule has 0 atom stereocenters. The maximum Gasteiger partial charge on any atom is 0.416 e. The summed E-state index contributed by atoms with van der Waals surface area (Å²) in [6.07, 6.45) is -2.55.